The Morgan fingerprint density at radius 1 is 1.04 bits per heavy atom. The number of para-hydroxylation sites is 1. The number of nitrogens with one attached hydrogen (secondary N) is 1. The van der Waals surface area contributed by atoms with E-state index in [0.717, 1.165) is 17.8 Å². The highest BCUT2D eigenvalue weighted by Gasteiger charge is 2.15. The first-order valence-electron chi connectivity index (χ1n) is 8.19. The summed E-state index contributed by atoms with van der Waals surface area (Å²) in [5, 5.41) is 3.14. The Kier molecular flexibility index (Phi) is 5.04. The van der Waals surface area contributed by atoms with Gasteiger partial charge in [-0.2, -0.15) is 0 Å². The minimum Gasteiger partial charge on any atom is -0.324 e. The van der Waals surface area contributed by atoms with E-state index in [1.165, 1.54) is 5.56 Å². The first-order valence-corrected chi connectivity index (χ1v) is 8.19. The van der Waals surface area contributed by atoms with Gasteiger partial charge in [0.1, 0.15) is 5.69 Å². The summed E-state index contributed by atoms with van der Waals surface area (Å²) in [4.78, 5) is 22.8. The lowest BCUT2D eigenvalue weighted by atomic mass is 10.1. The average molecular weight is 332 g/mol. The molecule has 2 aromatic carbocycles. The van der Waals surface area contributed by atoms with Crippen molar-refractivity contribution in [3.8, 4) is 0 Å². The molecule has 0 saturated heterocycles. The van der Waals surface area contributed by atoms with Crippen LogP contribution in [-0.4, -0.2) is 22.9 Å². The van der Waals surface area contributed by atoms with Crippen LogP contribution >= 0.6 is 0 Å². The summed E-state index contributed by atoms with van der Waals surface area (Å²) in [7, 11) is 1.73. The van der Waals surface area contributed by atoms with Crippen LogP contribution in [0.4, 0.5) is 17.3 Å². The van der Waals surface area contributed by atoms with E-state index in [-0.39, 0.29) is 5.91 Å². The van der Waals surface area contributed by atoms with Crippen molar-refractivity contribution in [2.45, 2.75) is 13.3 Å². The molecule has 0 saturated carbocycles. The minimum absolute atomic E-state index is 0.182. The van der Waals surface area contributed by atoms with Crippen LogP contribution in [0.5, 0.6) is 0 Å². The summed E-state index contributed by atoms with van der Waals surface area (Å²) < 4.78 is 0. The van der Waals surface area contributed by atoms with Crippen molar-refractivity contribution in [3.05, 3.63) is 78.1 Å². The van der Waals surface area contributed by atoms with Gasteiger partial charge < -0.3 is 10.2 Å². The van der Waals surface area contributed by atoms with E-state index in [9.17, 15) is 4.79 Å². The first-order chi connectivity index (χ1) is 12.2. The molecule has 25 heavy (non-hydrogen) atoms. The Hall–Kier alpha value is -3.21. The Morgan fingerprint density at radius 2 is 1.76 bits per heavy atom. The molecule has 0 fully saturated rings. The molecule has 1 heterocycles. The molecule has 0 radical (unpaired) electrons. The standard InChI is InChI=1S/C20H20N4O/c1-3-15-9-11-16(12-10-15)22-20-21-14-13-18(23-20)19(25)24(2)17-7-5-4-6-8-17/h4-14H,3H2,1-2H3,(H,21,22,23). The van der Waals surface area contributed by atoms with E-state index in [1.54, 1.807) is 24.2 Å². The van der Waals surface area contributed by atoms with Crippen molar-refractivity contribution < 1.29 is 4.79 Å². The first kappa shape index (κ1) is 16.6. The Bertz CT molecular complexity index is 847. The van der Waals surface area contributed by atoms with Gasteiger partial charge in [-0.3, -0.25) is 4.79 Å². The lowest BCUT2D eigenvalue weighted by molar-refractivity contribution is 0.0988. The lowest BCUT2D eigenvalue weighted by Crippen LogP contribution is -2.27. The number of hydrogen-bond acceptors (Lipinski definition) is 4. The highest BCUT2D eigenvalue weighted by molar-refractivity contribution is 6.04. The Morgan fingerprint density at radius 3 is 2.44 bits per heavy atom. The van der Waals surface area contributed by atoms with E-state index in [2.05, 4.69) is 34.3 Å². The van der Waals surface area contributed by atoms with Crippen molar-refractivity contribution in [3.63, 3.8) is 0 Å². The number of anilines is 3. The fourth-order valence-corrected chi connectivity index (χ4v) is 2.43. The number of aromatic nitrogens is 2. The van der Waals surface area contributed by atoms with Crippen molar-refractivity contribution in [1.82, 2.24) is 9.97 Å². The summed E-state index contributed by atoms with van der Waals surface area (Å²) in [5.41, 5.74) is 3.31. The number of carbonyl (C=O) groups excluding carboxylic acids is 1. The molecule has 5 heteroatoms. The molecule has 3 rings (SSSR count). The number of amides is 1. The second-order valence-corrected chi connectivity index (χ2v) is 5.64. The van der Waals surface area contributed by atoms with Gasteiger partial charge in [-0.15, -0.1) is 0 Å². The third kappa shape index (κ3) is 4.01. The fourth-order valence-electron chi connectivity index (χ4n) is 2.43. The minimum atomic E-state index is -0.182. The van der Waals surface area contributed by atoms with Crippen molar-refractivity contribution >= 4 is 23.2 Å². The maximum absolute atomic E-state index is 12.6. The van der Waals surface area contributed by atoms with E-state index in [1.807, 2.05) is 42.5 Å². The van der Waals surface area contributed by atoms with E-state index in [4.69, 9.17) is 0 Å². The maximum Gasteiger partial charge on any atom is 0.276 e. The van der Waals surface area contributed by atoms with Crippen LogP contribution in [0.3, 0.4) is 0 Å². The zero-order valence-electron chi connectivity index (χ0n) is 14.3. The summed E-state index contributed by atoms with van der Waals surface area (Å²) in [6.07, 6.45) is 2.58. The summed E-state index contributed by atoms with van der Waals surface area (Å²) >= 11 is 0. The molecule has 1 amide bonds. The molecule has 0 unspecified atom stereocenters. The molecule has 0 bridgehead atoms. The normalized spacial score (nSPS) is 10.3. The predicted molar refractivity (Wildman–Crippen MR) is 100 cm³/mol. The van der Waals surface area contributed by atoms with Gasteiger partial charge in [0.05, 0.1) is 0 Å². The Labute approximate surface area is 147 Å². The van der Waals surface area contributed by atoms with Crippen molar-refractivity contribution in [2.24, 2.45) is 0 Å². The van der Waals surface area contributed by atoms with E-state index in [0.29, 0.717) is 11.6 Å². The highest BCUT2D eigenvalue weighted by Crippen LogP contribution is 2.17. The number of benzene rings is 2. The zero-order valence-corrected chi connectivity index (χ0v) is 14.3. The van der Waals surface area contributed by atoms with Gasteiger partial charge in [0, 0.05) is 24.6 Å². The topological polar surface area (TPSA) is 58.1 Å². The van der Waals surface area contributed by atoms with Gasteiger partial charge in [-0.25, -0.2) is 9.97 Å². The molecule has 0 aliphatic rings. The molecule has 0 aliphatic heterocycles. The largest absolute Gasteiger partial charge is 0.324 e. The number of nitrogens with zero attached hydrogens (tertiary/aromatic N) is 3. The van der Waals surface area contributed by atoms with Gasteiger partial charge in [0.25, 0.3) is 5.91 Å². The van der Waals surface area contributed by atoms with Crippen LogP contribution in [0.25, 0.3) is 0 Å². The molecule has 126 valence electrons. The molecule has 0 atom stereocenters. The highest BCUT2D eigenvalue weighted by atomic mass is 16.2. The number of carbonyl (C=O) groups is 1. The molecule has 0 spiro atoms. The van der Waals surface area contributed by atoms with Gasteiger partial charge in [0.2, 0.25) is 5.95 Å². The maximum atomic E-state index is 12.6. The lowest BCUT2D eigenvalue weighted by Gasteiger charge is -2.17. The zero-order chi connectivity index (χ0) is 17.6. The quantitative estimate of drug-likeness (QED) is 0.765. The van der Waals surface area contributed by atoms with Gasteiger partial charge in [-0.05, 0) is 42.3 Å². The average Bonchev–Trinajstić information content (AvgIpc) is 2.68. The third-order valence-electron chi connectivity index (χ3n) is 3.94. The number of aryl methyl sites for hydroxylation is 1. The van der Waals surface area contributed by atoms with Gasteiger partial charge in [-0.1, -0.05) is 37.3 Å². The fraction of sp³-hybridized carbons (Fsp3) is 0.150. The van der Waals surface area contributed by atoms with E-state index < -0.39 is 0 Å². The third-order valence-corrected chi connectivity index (χ3v) is 3.94. The molecule has 1 aromatic heterocycles. The monoisotopic (exact) mass is 332 g/mol. The molecule has 5 nitrogen and oxygen atoms in total. The van der Waals surface area contributed by atoms with Crippen LogP contribution in [0.2, 0.25) is 0 Å². The van der Waals surface area contributed by atoms with Crippen LogP contribution in [0.15, 0.2) is 66.9 Å². The Balaban J connectivity index is 1.77. The second-order valence-electron chi connectivity index (χ2n) is 5.64. The number of hydrogen-bond donors (Lipinski definition) is 1. The van der Waals surface area contributed by atoms with E-state index >= 15 is 0 Å². The number of rotatable bonds is 5. The smallest absolute Gasteiger partial charge is 0.276 e. The second kappa shape index (κ2) is 7.57. The van der Waals surface area contributed by atoms with Crippen molar-refractivity contribution in [2.75, 3.05) is 17.3 Å². The molecular weight excluding hydrogens is 312 g/mol. The van der Waals surface area contributed by atoms with Crippen LogP contribution in [-0.2, 0) is 6.42 Å². The summed E-state index contributed by atoms with van der Waals surface area (Å²) in [6, 6.07) is 19.2. The van der Waals surface area contributed by atoms with Crippen LogP contribution < -0.4 is 10.2 Å². The SMILES string of the molecule is CCc1ccc(Nc2nccc(C(=O)N(C)c3ccccc3)n2)cc1. The van der Waals surface area contributed by atoms with Crippen molar-refractivity contribution in [1.29, 1.82) is 0 Å². The molecular formula is C20H20N4O. The van der Waals surface area contributed by atoms with Crippen LogP contribution in [0.1, 0.15) is 23.0 Å². The van der Waals surface area contributed by atoms with Crippen LogP contribution in [0, 0.1) is 0 Å². The van der Waals surface area contributed by atoms with Gasteiger partial charge in [0.15, 0.2) is 0 Å². The van der Waals surface area contributed by atoms with Gasteiger partial charge >= 0.3 is 0 Å². The molecule has 3 aromatic rings. The summed E-state index contributed by atoms with van der Waals surface area (Å²) in [6.45, 7) is 2.11. The predicted octanol–water partition coefficient (Wildman–Crippen LogP) is 4.06. The molecule has 0 aliphatic carbocycles. The molecule has 1 N–H and O–H groups in total. The summed E-state index contributed by atoms with van der Waals surface area (Å²) in [5.74, 6) is 0.217.